The average Bonchev–Trinajstić information content (AvgIpc) is 3.44. The highest BCUT2D eigenvalue weighted by molar-refractivity contribution is 6.00. The van der Waals surface area contributed by atoms with Crippen LogP contribution in [0.25, 0.3) is 44.6 Å². The minimum Gasteiger partial charge on any atom is -0.494 e. The molecular weight excluding hydrogens is 540 g/mol. The van der Waals surface area contributed by atoms with E-state index >= 15 is 0 Å². The van der Waals surface area contributed by atoms with Crippen molar-refractivity contribution >= 4 is 27.8 Å². The topological polar surface area (TPSA) is 100 Å². The number of hydrogen-bond acceptors (Lipinski definition) is 6. The predicted molar refractivity (Wildman–Crippen MR) is 166 cm³/mol. The third-order valence-electron chi connectivity index (χ3n) is 9.86. The highest BCUT2D eigenvalue weighted by Crippen LogP contribution is 2.41. The second-order valence-electron chi connectivity index (χ2n) is 12.4. The maximum atomic E-state index is 13.7. The molecule has 3 atom stereocenters. The van der Waals surface area contributed by atoms with Crippen LogP contribution < -0.4 is 15.2 Å². The Morgan fingerprint density at radius 1 is 1.00 bits per heavy atom. The predicted octanol–water partition coefficient (Wildman–Crippen LogP) is 5.25. The molecular formula is C34H36N6O3. The number of nitrogens with zero attached hydrogens (tertiary/aromatic N) is 5. The standard InChI is InChI=1S/C34H36N6O3/c1-38-32-25(12-24(15-29(32)42-2)34(41)40-18-23-8-9-26(40)31(23)35)37-33(38)28-14-22-7-6-20(21-10-11-36-30(16-21)43-3)13-27(22)39(28)17-19-4-5-19/h6-7,10-16,19,23,26,31H,4-5,8-9,17-18,35H2,1-3H3. The van der Waals surface area contributed by atoms with Gasteiger partial charge in [0.05, 0.1) is 25.4 Å². The maximum absolute atomic E-state index is 13.7. The summed E-state index contributed by atoms with van der Waals surface area (Å²) in [7, 11) is 5.32. The fraction of sp³-hybridized carbons (Fsp3) is 0.382. The van der Waals surface area contributed by atoms with Gasteiger partial charge >= 0.3 is 0 Å². The molecule has 3 aromatic heterocycles. The number of amides is 1. The Hall–Kier alpha value is -4.37. The number of likely N-dealkylation sites (tertiary alicyclic amines) is 1. The zero-order valence-corrected chi connectivity index (χ0v) is 24.8. The van der Waals surface area contributed by atoms with Crippen molar-refractivity contribution < 1.29 is 14.3 Å². The summed E-state index contributed by atoms with van der Waals surface area (Å²) in [5.41, 5.74) is 13.1. The van der Waals surface area contributed by atoms with Crippen molar-refractivity contribution in [2.24, 2.45) is 24.6 Å². The average molecular weight is 577 g/mol. The summed E-state index contributed by atoms with van der Waals surface area (Å²) in [6, 6.07) is 16.8. The number of methoxy groups -OCH3 is 2. The van der Waals surface area contributed by atoms with Gasteiger partial charge in [-0.3, -0.25) is 4.79 Å². The molecule has 1 aliphatic heterocycles. The Balaban J connectivity index is 1.24. The van der Waals surface area contributed by atoms with Gasteiger partial charge in [-0.1, -0.05) is 12.1 Å². The first-order valence-electron chi connectivity index (χ1n) is 15.2. The van der Waals surface area contributed by atoms with Crippen LogP contribution in [0.4, 0.5) is 0 Å². The van der Waals surface area contributed by atoms with Crippen molar-refractivity contribution in [2.45, 2.75) is 44.3 Å². The molecule has 2 aliphatic carbocycles. The van der Waals surface area contributed by atoms with Gasteiger partial charge in [0.25, 0.3) is 5.91 Å². The van der Waals surface area contributed by atoms with E-state index in [1.807, 2.05) is 36.2 Å². The molecule has 3 aliphatic rings. The molecule has 9 heteroatoms. The molecule has 3 fully saturated rings. The number of carbonyl (C=O) groups excluding carboxylic acids is 1. The van der Waals surface area contributed by atoms with Gasteiger partial charge in [-0.25, -0.2) is 9.97 Å². The first kappa shape index (κ1) is 26.3. The number of fused-ring (bicyclic) bond motifs is 4. The second-order valence-corrected chi connectivity index (χ2v) is 12.4. The lowest BCUT2D eigenvalue weighted by Gasteiger charge is -2.27. The summed E-state index contributed by atoms with van der Waals surface area (Å²) in [6.07, 6.45) is 6.34. The summed E-state index contributed by atoms with van der Waals surface area (Å²) in [4.78, 5) is 25.1. The van der Waals surface area contributed by atoms with E-state index in [9.17, 15) is 4.79 Å². The summed E-state index contributed by atoms with van der Waals surface area (Å²) in [5.74, 6) is 3.17. The van der Waals surface area contributed by atoms with E-state index in [1.54, 1.807) is 20.4 Å². The van der Waals surface area contributed by atoms with Gasteiger partial charge in [0.2, 0.25) is 5.88 Å². The van der Waals surface area contributed by atoms with Gasteiger partial charge in [-0.2, -0.15) is 0 Å². The molecule has 0 radical (unpaired) electrons. The van der Waals surface area contributed by atoms with E-state index in [0.29, 0.717) is 29.0 Å². The van der Waals surface area contributed by atoms with E-state index in [1.165, 1.54) is 18.4 Å². The van der Waals surface area contributed by atoms with Crippen molar-refractivity contribution in [2.75, 3.05) is 20.8 Å². The van der Waals surface area contributed by atoms with Crippen LogP contribution in [-0.2, 0) is 13.6 Å². The first-order valence-corrected chi connectivity index (χ1v) is 15.2. The fourth-order valence-corrected chi connectivity index (χ4v) is 7.34. The Labute approximate surface area is 250 Å². The number of benzene rings is 2. The van der Waals surface area contributed by atoms with Gasteiger partial charge in [0.15, 0.2) is 5.82 Å². The van der Waals surface area contributed by atoms with Gasteiger partial charge < -0.3 is 29.2 Å². The third-order valence-corrected chi connectivity index (χ3v) is 9.86. The minimum atomic E-state index is 0.0122. The summed E-state index contributed by atoms with van der Waals surface area (Å²) in [5, 5.41) is 1.16. The van der Waals surface area contributed by atoms with Crippen molar-refractivity contribution in [3.63, 3.8) is 0 Å². The number of pyridine rings is 1. The number of carbonyl (C=O) groups is 1. The van der Waals surface area contributed by atoms with Crippen LogP contribution in [-0.4, -0.2) is 62.8 Å². The number of rotatable bonds is 7. The number of aromatic nitrogens is 4. The Bertz CT molecular complexity index is 1900. The Morgan fingerprint density at radius 2 is 1.84 bits per heavy atom. The van der Waals surface area contributed by atoms with Crippen LogP contribution in [0.1, 0.15) is 36.0 Å². The van der Waals surface area contributed by atoms with E-state index in [0.717, 1.165) is 65.0 Å². The molecule has 9 nitrogen and oxygen atoms in total. The molecule has 5 aromatic rings. The van der Waals surface area contributed by atoms with E-state index in [2.05, 4.69) is 38.4 Å². The van der Waals surface area contributed by atoms with Crippen LogP contribution in [0.2, 0.25) is 0 Å². The van der Waals surface area contributed by atoms with Crippen LogP contribution in [0.15, 0.2) is 54.7 Å². The van der Waals surface area contributed by atoms with Gasteiger partial charge in [-0.15, -0.1) is 0 Å². The smallest absolute Gasteiger partial charge is 0.254 e. The van der Waals surface area contributed by atoms with Gasteiger partial charge in [-0.05, 0) is 79.0 Å². The number of aryl methyl sites for hydroxylation is 1. The molecule has 1 amide bonds. The molecule has 3 unspecified atom stereocenters. The maximum Gasteiger partial charge on any atom is 0.254 e. The van der Waals surface area contributed by atoms with Crippen molar-refractivity contribution in [3.05, 3.63) is 60.3 Å². The largest absolute Gasteiger partial charge is 0.494 e. The quantitative estimate of drug-likeness (QED) is 0.284. The molecule has 4 heterocycles. The number of ether oxygens (including phenoxy) is 2. The molecule has 2 N–H and O–H groups in total. The summed E-state index contributed by atoms with van der Waals surface area (Å²) in [6.45, 7) is 1.66. The third kappa shape index (κ3) is 4.20. The fourth-order valence-electron chi connectivity index (χ4n) is 7.34. The van der Waals surface area contributed by atoms with Crippen LogP contribution in [0.5, 0.6) is 11.6 Å². The molecule has 1 saturated heterocycles. The lowest BCUT2D eigenvalue weighted by Crippen LogP contribution is -2.41. The molecule has 2 saturated carbocycles. The summed E-state index contributed by atoms with van der Waals surface area (Å²) < 4.78 is 15.8. The number of imidazole rings is 1. The van der Waals surface area contributed by atoms with Crippen LogP contribution >= 0.6 is 0 Å². The van der Waals surface area contributed by atoms with E-state index in [-0.39, 0.29) is 18.0 Å². The monoisotopic (exact) mass is 576 g/mol. The van der Waals surface area contributed by atoms with Gasteiger partial charge in [0.1, 0.15) is 11.3 Å². The Kier molecular flexibility index (Phi) is 6.01. The number of hydrogen-bond donors (Lipinski definition) is 1. The molecule has 43 heavy (non-hydrogen) atoms. The van der Waals surface area contributed by atoms with Crippen LogP contribution in [0.3, 0.4) is 0 Å². The molecule has 0 spiro atoms. The highest BCUT2D eigenvalue weighted by atomic mass is 16.5. The molecule has 8 rings (SSSR count). The van der Waals surface area contributed by atoms with Crippen molar-refractivity contribution in [3.8, 4) is 34.3 Å². The zero-order chi connectivity index (χ0) is 29.4. The molecule has 2 aromatic carbocycles. The Morgan fingerprint density at radius 3 is 2.56 bits per heavy atom. The highest BCUT2D eigenvalue weighted by Gasteiger charge is 2.47. The number of nitrogens with two attached hydrogens (primary N) is 1. The molecule has 2 bridgehead atoms. The minimum absolute atomic E-state index is 0.0122. The lowest BCUT2D eigenvalue weighted by molar-refractivity contribution is 0.0700. The van der Waals surface area contributed by atoms with Crippen LogP contribution in [0, 0.1) is 11.8 Å². The van der Waals surface area contributed by atoms with Crippen molar-refractivity contribution in [1.82, 2.24) is 24.0 Å². The van der Waals surface area contributed by atoms with E-state index in [4.69, 9.17) is 20.2 Å². The van der Waals surface area contributed by atoms with Gasteiger partial charge in [0, 0.05) is 61.0 Å². The second kappa shape index (κ2) is 9.84. The number of piperidine rings is 1. The molecule has 220 valence electrons. The zero-order valence-electron chi connectivity index (χ0n) is 24.8. The first-order chi connectivity index (χ1) is 20.9. The van der Waals surface area contributed by atoms with E-state index < -0.39 is 0 Å². The normalized spacial score (nSPS) is 21.3. The summed E-state index contributed by atoms with van der Waals surface area (Å²) >= 11 is 0. The lowest BCUT2D eigenvalue weighted by atomic mass is 10.1. The van der Waals surface area contributed by atoms with Crippen molar-refractivity contribution in [1.29, 1.82) is 0 Å². The SMILES string of the molecule is COc1cc(-c2ccc3cc(-c4nc5cc(C(=O)N6CC7CCC6C7N)cc(OC)c5n4C)n(CC4CC4)c3c2)ccn1.